The van der Waals surface area contributed by atoms with Crippen molar-refractivity contribution in [1.82, 2.24) is 15.1 Å². The number of halogens is 1. The van der Waals surface area contributed by atoms with Crippen LogP contribution in [0.2, 0.25) is 5.15 Å². The van der Waals surface area contributed by atoms with E-state index in [1.165, 1.54) is 0 Å². The Morgan fingerprint density at radius 2 is 2.35 bits per heavy atom. The molecule has 0 saturated carbocycles. The van der Waals surface area contributed by atoms with Crippen molar-refractivity contribution >= 4 is 17.5 Å². The van der Waals surface area contributed by atoms with Crippen LogP contribution in [-0.2, 0) is 11.3 Å². The van der Waals surface area contributed by atoms with Crippen LogP contribution < -0.4 is 5.32 Å². The van der Waals surface area contributed by atoms with E-state index in [2.05, 4.69) is 24.3 Å². The number of carbonyl (C=O) groups excluding carboxylic acids is 1. The fraction of sp³-hybridized carbons (Fsp3) is 0.714. The van der Waals surface area contributed by atoms with Crippen molar-refractivity contribution < 1.29 is 9.53 Å². The van der Waals surface area contributed by atoms with E-state index in [4.69, 9.17) is 16.3 Å². The summed E-state index contributed by atoms with van der Waals surface area (Å²) in [5, 5.41) is 7.65. The monoisotopic (exact) mass is 299 g/mol. The Morgan fingerprint density at radius 1 is 1.60 bits per heavy atom. The Morgan fingerprint density at radius 3 is 2.95 bits per heavy atom. The molecule has 1 aromatic rings. The lowest BCUT2D eigenvalue weighted by Gasteiger charge is -2.11. The van der Waals surface area contributed by atoms with Crippen molar-refractivity contribution in [2.75, 3.05) is 13.2 Å². The van der Waals surface area contributed by atoms with Crippen LogP contribution in [0.5, 0.6) is 0 Å². The molecule has 0 aromatic carbocycles. The zero-order valence-electron chi connectivity index (χ0n) is 12.3. The molecule has 1 saturated heterocycles. The van der Waals surface area contributed by atoms with Gasteiger partial charge in [-0.15, -0.1) is 0 Å². The van der Waals surface area contributed by atoms with E-state index in [0.717, 1.165) is 19.4 Å². The molecule has 0 radical (unpaired) electrons. The second kappa shape index (κ2) is 6.59. The highest BCUT2D eigenvalue weighted by Gasteiger charge is 2.22. The van der Waals surface area contributed by atoms with E-state index in [9.17, 15) is 4.79 Å². The van der Waals surface area contributed by atoms with Gasteiger partial charge < -0.3 is 10.1 Å². The molecule has 1 aromatic heterocycles. The van der Waals surface area contributed by atoms with Crippen LogP contribution in [0.25, 0.3) is 0 Å². The summed E-state index contributed by atoms with van der Waals surface area (Å²) in [4.78, 5) is 12.2. The third-order valence-electron chi connectivity index (χ3n) is 3.34. The Bertz CT molecular complexity index is 479. The lowest BCUT2D eigenvalue weighted by atomic mass is 10.2. The number of aryl methyl sites for hydroxylation is 1. The second-order valence-corrected chi connectivity index (χ2v) is 6.03. The first kappa shape index (κ1) is 15.3. The summed E-state index contributed by atoms with van der Waals surface area (Å²) in [5.41, 5.74) is 1.14. The standard InChI is InChI=1S/C14H22ClN3O2/c1-9(2)8-18-13(15)12(10(3)17-18)14(19)16-7-11-5-4-6-20-11/h9,11H,4-8H2,1-3H3,(H,16,19). The first-order chi connectivity index (χ1) is 9.49. The summed E-state index contributed by atoms with van der Waals surface area (Å²) >= 11 is 6.27. The van der Waals surface area contributed by atoms with Gasteiger partial charge in [-0.05, 0) is 25.7 Å². The topological polar surface area (TPSA) is 56.2 Å². The number of amides is 1. The van der Waals surface area contributed by atoms with E-state index < -0.39 is 0 Å². The SMILES string of the molecule is Cc1nn(CC(C)C)c(Cl)c1C(=O)NCC1CCCO1. The lowest BCUT2D eigenvalue weighted by molar-refractivity contribution is 0.0857. The molecule has 1 unspecified atom stereocenters. The highest BCUT2D eigenvalue weighted by atomic mass is 35.5. The summed E-state index contributed by atoms with van der Waals surface area (Å²) in [6, 6.07) is 0. The van der Waals surface area contributed by atoms with Gasteiger partial charge in [0.25, 0.3) is 5.91 Å². The first-order valence-corrected chi connectivity index (χ1v) is 7.49. The maximum Gasteiger partial charge on any atom is 0.256 e. The lowest BCUT2D eigenvalue weighted by Crippen LogP contribution is -2.32. The van der Waals surface area contributed by atoms with E-state index >= 15 is 0 Å². The number of ether oxygens (including phenoxy) is 1. The molecule has 0 bridgehead atoms. The van der Waals surface area contributed by atoms with E-state index in [0.29, 0.717) is 35.4 Å². The maximum atomic E-state index is 12.2. The molecule has 1 N–H and O–H groups in total. The van der Waals surface area contributed by atoms with Gasteiger partial charge in [0, 0.05) is 19.7 Å². The second-order valence-electron chi connectivity index (χ2n) is 5.67. The van der Waals surface area contributed by atoms with Crippen LogP contribution in [0.4, 0.5) is 0 Å². The highest BCUT2D eigenvalue weighted by Crippen LogP contribution is 2.21. The molecule has 0 aliphatic carbocycles. The predicted molar refractivity (Wildman–Crippen MR) is 78.1 cm³/mol. The number of hydrogen-bond donors (Lipinski definition) is 1. The summed E-state index contributed by atoms with van der Waals surface area (Å²) in [6.07, 6.45) is 2.19. The largest absolute Gasteiger partial charge is 0.376 e. The van der Waals surface area contributed by atoms with Crippen molar-refractivity contribution in [2.45, 2.75) is 46.3 Å². The molecule has 5 nitrogen and oxygen atoms in total. The molecule has 112 valence electrons. The van der Waals surface area contributed by atoms with E-state index in [1.807, 2.05) is 6.92 Å². The Labute approximate surface area is 124 Å². The molecular weight excluding hydrogens is 278 g/mol. The van der Waals surface area contributed by atoms with Crippen molar-refractivity contribution in [1.29, 1.82) is 0 Å². The van der Waals surface area contributed by atoms with E-state index in [1.54, 1.807) is 4.68 Å². The average Bonchev–Trinajstić information content (AvgIpc) is 2.96. The number of rotatable bonds is 5. The molecular formula is C14H22ClN3O2. The van der Waals surface area contributed by atoms with Crippen molar-refractivity contribution in [3.8, 4) is 0 Å². The Kier molecular flexibility index (Phi) is 5.05. The van der Waals surface area contributed by atoms with Gasteiger partial charge >= 0.3 is 0 Å². The zero-order chi connectivity index (χ0) is 14.7. The molecule has 1 aliphatic rings. The quantitative estimate of drug-likeness (QED) is 0.908. The predicted octanol–water partition coefficient (Wildman–Crippen LogP) is 2.41. The molecule has 6 heteroatoms. The van der Waals surface area contributed by atoms with Gasteiger partial charge in [0.05, 0.1) is 17.4 Å². The number of nitrogens with one attached hydrogen (secondary N) is 1. The number of hydrogen-bond acceptors (Lipinski definition) is 3. The molecule has 2 heterocycles. The molecule has 1 fully saturated rings. The summed E-state index contributed by atoms with van der Waals surface area (Å²) in [7, 11) is 0. The number of aromatic nitrogens is 2. The highest BCUT2D eigenvalue weighted by molar-refractivity contribution is 6.33. The van der Waals surface area contributed by atoms with Crippen LogP contribution in [0.1, 0.15) is 42.7 Å². The zero-order valence-corrected chi connectivity index (χ0v) is 13.0. The van der Waals surface area contributed by atoms with Gasteiger partial charge in [0.2, 0.25) is 0 Å². The van der Waals surface area contributed by atoms with Crippen LogP contribution in [-0.4, -0.2) is 34.9 Å². The third-order valence-corrected chi connectivity index (χ3v) is 3.73. The minimum absolute atomic E-state index is 0.128. The molecule has 20 heavy (non-hydrogen) atoms. The summed E-state index contributed by atoms with van der Waals surface area (Å²) in [5.74, 6) is 0.257. The van der Waals surface area contributed by atoms with Gasteiger partial charge in [-0.1, -0.05) is 25.4 Å². The fourth-order valence-corrected chi connectivity index (χ4v) is 2.71. The normalized spacial score (nSPS) is 18.8. The number of nitrogens with zero attached hydrogens (tertiary/aromatic N) is 2. The third kappa shape index (κ3) is 3.52. The van der Waals surface area contributed by atoms with Gasteiger partial charge in [-0.25, -0.2) is 0 Å². The minimum atomic E-state index is -0.169. The van der Waals surface area contributed by atoms with Crippen molar-refractivity contribution in [2.24, 2.45) is 5.92 Å². The van der Waals surface area contributed by atoms with Crippen LogP contribution >= 0.6 is 11.6 Å². The summed E-state index contributed by atoms with van der Waals surface area (Å²) < 4.78 is 7.19. The molecule has 0 spiro atoms. The molecule has 1 aliphatic heterocycles. The Balaban J connectivity index is 2.03. The fourth-order valence-electron chi connectivity index (χ4n) is 2.38. The van der Waals surface area contributed by atoms with E-state index in [-0.39, 0.29) is 12.0 Å². The van der Waals surface area contributed by atoms with Gasteiger partial charge in [0.15, 0.2) is 0 Å². The first-order valence-electron chi connectivity index (χ1n) is 7.11. The number of carbonyl (C=O) groups is 1. The molecule has 1 amide bonds. The summed E-state index contributed by atoms with van der Waals surface area (Å²) in [6.45, 7) is 8.01. The van der Waals surface area contributed by atoms with Crippen LogP contribution in [0.3, 0.4) is 0 Å². The molecule has 1 atom stereocenters. The van der Waals surface area contributed by atoms with Crippen molar-refractivity contribution in [3.63, 3.8) is 0 Å². The van der Waals surface area contributed by atoms with Crippen LogP contribution in [0.15, 0.2) is 0 Å². The van der Waals surface area contributed by atoms with Crippen molar-refractivity contribution in [3.05, 3.63) is 16.4 Å². The average molecular weight is 300 g/mol. The Hall–Kier alpha value is -1.07. The van der Waals surface area contributed by atoms with Crippen LogP contribution in [0, 0.1) is 12.8 Å². The smallest absolute Gasteiger partial charge is 0.256 e. The van der Waals surface area contributed by atoms with Gasteiger partial charge in [0.1, 0.15) is 5.15 Å². The van der Waals surface area contributed by atoms with Gasteiger partial charge in [-0.2, -0.15) is 5.10 Å². The maximum absolute atomic E-state index is 12.2. The molecule has 2 rings (SSSR count). The van der Waals surface area contributed by atoms with Gasteiger partial charge in [-0.3, -0.25) is 9.48 Å². The minimum Gasteiger partial charge on any atom is -0.376 e.